The van der Waals surface area contributed by atoms with Crippen LogP contribution in [0, 0.1) is 0 Å². The summed E-state index contributed by atoms with van der Waals surface area (Å²) in [6.07, 6.45) is -24.9. The Hall–Kier alpha value is -1.74. The van der Waals surface area contributed by atoms with Gasteiger partial charge in [-0.1, -0.05) is 0 Å². The van der Waals surface area contributed by atoms with Crippen LogP contribution in [0.2, 0.25) is 0 Å². The zero-order chi connectivity index (χ0) is 18.7. The molecule has 0 aromatic carbocycles. The number of rotatable bonds is 10. The molecule has 23 heavy (non-hydrogen) atoms. The second-order valence-corrected chi connectivity index (χ2v) is 3.53. The van der Waals surface area contributed by atoms with Gasteiger partial charge in [0.1, 0.15) is 0 Å². The Kier molecular flexibility index (Phi) is 6.28. The summed E-state index contributed by atoms with van der Waals surface area (Å²) in [6, 6.07) is 0. The van der Waals surface area contributed by atoms with Crippen molar-refractivity contribution < 1.29 is 69.1 Å². The van der Waals surface area contributed by atoms with E-state index in [4.69, 9.17) is 10.2 Å². The minimum atomic E-state index is -6.41. The van der Waals surface area contributed by atoms with Gasteiger partial charge in [0.05, 0.1) is 0 Å². The van der Waals surface area contributed by atoms with Crippen LogP contribution in [-0.2, 0) is 23.8 Å². The van der Waals surface area contributed by atoms with Gasteiger partial charge in [-0.15, -0.1) is 0 Å². The van der Waals surface area contributed by atoms with Crippen LogP contribution in [0.3, 0.4) is 0 Å². The van der Waals surface area contributed by atoms with Crippen molar-refractivity contribution in [1.82, 2.24) is 0 Å². The second kappa shape index (κ2) is 6.79. The van der Waals surface area contributed by atoms with Gasteiger partial charge in [0.25, 0.3) is 0 Å². The average Bonchev–Trinajstić information content (AvgIpc) is 2.32. The van der Waals surface area contributed by atoms with Gasteiger partial charge in [0.2, 0.25) is 0 Å². The highest BCUT2D eigenvalue weighted by molar-refractivity contribution is 5.68. The first kappa shape index (κ1) is 21.3. The topological polar surface area (TPSA) is 102 Å². The molecule has 0 saturated heterocycles. The Morgan fingerprint density at radius 1 is 0.652 bits per heavy atom. The summed E-state index contributed by atoms with van der Waals surface area (Å²) in [5, 5.41) is 15.9. The van der Waals surface area contributed by atoms with Crippen LogP contribution in [0.25, 0.3) is 0 Å². The molecule has 136 valence electrons. The van der Waals surface area contributed by atoms with Crippen LogP contribution in [0.1, 0.15) is 0 Å². The van der Waals surface area contributed by atoms with E-state index in [2.05, 4.69) is 9.47 Å². The first-order valence-electron chi connectivity index (χ1n) is 4.97. The van der Waals surface area contributed by atoms with Crippen molar-refractivity contribution in [3.8, 4) is 0 Å². The molecule has 0 aliphatic rings. The molecule has 0 bridgehead atoms. The highest BCUT2D eigenvalue weighted by Crippen LogP contribution is 2.45. The number of ether oxygens (including phenoxy) is 3. The number of alkyl halides is 8. The van der Waals surface area contributed by atoms with Gasteiger partial charge < -0.3 is 19.7 Å². The van der Waals surface area contributed by atoms with Gasteiger partial charge in [-0.05, 0) is 0 Å². The molecule has 7 nitrogen and oxygen atoms in total. The number of carboxylic acid groups (broad SMARTS) is 2. The van der Waals surface area contributed by atoms with E-state index in [0.717, 1.165) is 0 Å². The number of carbonyl (C=O) groups is 2. The van der Waals surface area contributed by atoms with E-state index in [1.54, 1.807) is 0 Å². The maximum atomic E-state index is 12.8. The SMILES string of the molecule is O=C(O)COC(F)(F)C(F)(F)OC(F)(F)C(F)(F)OCC(=O)O. The summed E-state index contributed by atoms with van der Waals surface area (Å²) in [7, 11) is 0. The number of carboxylic acids is 2. The molecule has 0 heterocycles. The quantitative estimate of drug-likeness (QED) is 0.566. The fourth-order valence-electron chi connectivity index (χ4n) is 0.753. The molecule has 2 N–H and O–H groups in total. The van der Waals surface area contributed by atoms with Crippen molar-refractivity contribution in [3.63, 3.8) is 0 Å². The zero-order valence-electron chi connectivity index (χ0n) is 10.4. The van der Waals surface area contributed by atoms with Gasteiger partial charge >= 0.3 is 36.4 Å². The molecule has 0 aliphatic carbocycles. The van der Waals surface area contributed by atoms with Gasteiger partial charge in [0, 0.05) is 0 Å². The Morgan fingerprint density at radius 2 is 0.913 bits per heavy atom. The molecule has 0 unspecified atom stereocenters. The molecule has 0 aromatic heterocycles. The van der Waals surface area contributed by atoms with Gasteiger partial charge in [0.15, 0.2) is 13.2 Å². The minimum absolute atomic E-state index is 2.02. The van der Waals surface area contributed by atoms with E-state index in [1.165, 1.54) is 0 Å². The molecule has 0 rings (SSSR count). The molecule has 0 amide bonds. The predicted octanol–water partition coefficient (Wildman–Crippen LogP) is 1.58. The van der Waals surface area contributed by atoms with Crippen molar-refractivity contribution in [2.75, 3.05) is 13.2 Å². The van der Waals surface area contributed by atoms with E-state index in [9.17, 15) is 44.7 Å². The highest BCUT2D eigenvalue weighted by Gasteiger charge is 2.71. The van der Waals surface area contributed by atoms with Crippen molar-refractivity contribution in [3.05, 3.63) is 0 Å². The van der Waals surface area contributed by atoms with E-state index in [-0.39, 0.29) is 0 Å². The van der Waals surface area contributed by atoms with Crippen molar-refractivity contribution in [2.24, 2.45) is 0 Å². The summed E-state index contributed by atoms with van der Waals surface area (Å²) in [4.78, 5) is 19.8. The Labute approximate surface area is 120 Å². The molecule has 0 atom stereocenters. The van der Waals surface area contributed by atoms with Crippen LogP contribution >= 0.6 is 0 Å². The standard InChI is InChI=1S/C8H6F8O7/c9-5(10,21-1-3(17)18)7(13,14)23-8(15,16)6(11,12)22-2-4(19)20/h1-2H2,(H,17,18)(H,19,20). The monoisotopic (exact) mass is 366 g/mol. The Balaban J connectivity index is 5.16. The number of halogens is 8. The van der Waals surface area contributed by atoms with Gasteiger partial charge in [-0.3, -0.25) is 0 Å². The summed E-state index contributed by atoms with van der Waals surface area (Å²) in [5.41, 5.74) is 0. The molecule has 0 radical (unpaired) electrons. The smallest absolute Gasteiger partial charge is 0.453 e. The van der Waals surface area contributed by atoms with Crippen LogP contribution in [0.4, 0.5) is 35.1 Å². The molecule has 0 spiro atoms. The summed E-state index contributed by atoms with van der Waals surface area (Å²) < 4.78 is 110. The lowest BCUT2D eigenvalue weighted by Crippen LogP contribution is -2.55. The maximum Gasteiger partial charge on any atom is 0.453 e. The lowest BCUT2D eigenvalue weighted by atomic mass is 10.5. The van der Waals surface area contributed by atoms with Crippen LogP contribution in [0.5, 0.6) is 0 Å². The van der Waals surface area contributed by atoms with Gasteiger partial charge in [-0.25, -0.2) is 14.3 Å². The van der Waals surface area contributed by atoms with Crippen LogP contribution < -0.4 is 0 Å². The van der Waals surface area contributed by atoms with Gasteiger partial charge in [-0.2, -0.15) is 35.1 Å². The van der Waals surface area contributed by atoms with Crippen LogP contribution in [0.15, 0.2) is 0 Å². The first-order valence-corrected chi connectivity index (χ1v) is 4.97. The highest BCUT2D eigenvalue weighted by atomic mass is 19.3. The van der Waals surface area contributed by atoms with Crippen molar-refractivity contribution in [2.45, 2.75) is 24.4 Å². The maximum absolute atomic E-state index is 12.8. The van der Waals surface area contributed by atoms with E-state index in [0.29, 0.717) is 0 Å². The van der Waals surface area contributed by atoms with E-state index in [1.807, 2.05) is 4.74 Å². The molecule has 0 aliphatic heterocycles. The summed E-state index contributed by atoms with van der Waals surface area (Å²) in [6.45, 7) is -4.19. The Bertz CT molecular complexity index is 412. The zero-order valence-corrected chi connectivity index (χ0v) is 10.4. The normalized spacial score (nSPS) is 13.9. The molecule has 15 heteroatoms. The predicted molar refractivity (Wildman–Crippen MR) is 48.0 cm³/mol. The van der Waals surface area contributed by atoms with E-state index < -0.39 is 49.6 Å². The molecule has 0 aromatic rings. The fraction of sp³-hybridized carbons (Fsp3) is 0.750. The van der Waals surface area contributed by atoms with E-state index >= 15 is 0 Å². The third-order valence-corrected chi connectivity index (χ3v) is 1.69. The lowest BCUT2D eigenvalue weighted by molar-refractivity contribution is -0.526. The Morgan fingerprint density at radius 3 is 1.13 bits per heavy atom. The first-order chi connectivity index (χ1) is 10.0. The molecule has 0 saturated carbocycles. The average molecular weight is 366 g/mol. The number of hydrogen-bond acceptors (Lipinski definition) is 5. The molecular weight excluding hydrogens is 360 g/mol. The lowest BCUT2D eigenvalue weighted by Gasteiger charge is -2.31. The second-order valence-electron chi connectivity index (χ2n) is 3.53. The summed E-state index contributed by atoms with van der Waals surface area (Å²) >= 11 is 0. The fourth-order valence-corrected chi connectivity index (χ4v) is 0.753. The summed E-state index contributed by atoms with van der Waals surface area (Å²) in [5.74, 6) is -4.41. The van der Waals surface area contributed by atoms with Crippen LogP contribution in [-0.4, -0.2) is 59.8 Å². The minimum Gasteiger partial charge on any atom is -0.480 e. The third-order valence-electron chi connectivity index (χ3n) is 1.69. The number of aliphatic carboxylic acids is 2. The number of hydrogen-bond donors (Lipinski definition) is 2. The van der Waals surface area contributed by atoms with Crippen molar-refractivity contribution in [1.29, 1.82) is 0 Å². The molecule has 0 fully saturated rings. The largest absolute Gasteiger partial charge is 0.480 e. The third kappa shape index (κ3) is 5.76. The van der Waals surface area contributed by atoms with Crippen molar-refractivity contribution >= 4 is 11.9 Å². The molecular formula is C8H6F8O7.